The maximum Gasteiger partial charge on any atom is 0.0466 e. The lowest BCUT2D eigenvalue weighted by atomic mass is 10.0. The van der Waals surface area contributed by atoms with Gasteiger partial charge in [0.15, 0.2) is 0 Å². The van der Waals surface area contributed by atoms with Crippen LogP contribution in [0.4, 0.5) is 5.69 Å². The highest BCUT2D eigenvalue weighted by Gasteiger charge is 2.06. The van der Waals surface area contributed by atoms with Gasteiger partial charge in [-0.1, -0.05) is 12.1 Å². The molecule has 0 spiro atoms. The molecule has 3 rings (SSSR count). The molecule has 0 bridgehead atoms. The first kappa shape index (κ1) is 6.66. The number of rotatable bonds is 0. The first-order valence-electron chi connectivity index (χ1n) is 4.25. The van der Waals surface area contributed by atoms with Crippen LogP contribution < -0.4 is 5.32 Å². The Kier molecular flexibility index (Phi) is 1.19. The smallest absolute Gasteiger partial charge is 0.0466 e. The summed E-state index contributed by atoms with van der Waals surface area (Å²) >= 11 is 0. The SMILES string of the molecule is C1=Cc2cncc3cccc(c23)N1. The minimum absolute atomic E-state index is 1.16. The molecule has 2 heterocycles. The van der Waals surface area contributed by atoms with Crippen molar-refractivity contribution in [2.75, 3.05) is 5.32 Å². The molecular weight excluding hydrogens is 160 g/mol. The fraction of sp³-hybridized carbons (Fsp3) is 0. The number of aromatic nitrogens is 1. The summed E-state index contributed by atoms with van der Waals surface area (Å²) in [5.74, 6) is 0. The van der Waals surface area contributed by atoms with Crippen molar-refractivity contribution in [1.82, 2.24) is 4.98 Å². The molecule has 0 aliphatic carbocycles. The Labute approximate surface area is 75.9 Å². The molecule has 1 aliphatic rings. The second-order valence-corrected chi connectivity index (χ2v) is 3.11. The Bertz CT molecular complexity index is 495. The van der Waals surface area contributed by atoms with E-state index in [4.69, 9.17) is 0 Å². The van der Waals surface area contributed by atoms with Gasteiger partial charge < -0.3 is 5.32 Å². The van der Waals surface area contributed by atoms with Gasteiger partial charge >= 0.3 is 0 Å². The molecule has 2 aromatic rings. The van der Waals surface area contributed by atoms with Gasteiger partial charge in [0, 0.05) is 40.6 Å². The fourth-order valence-electron chi connectivity index (χ4n) is 1.73. The Hall–Kier alpha value is -1.83. The minimum atomic E-state index is 1.16. The predicted octanol–water partition coefficient (Wildman–Crippen LogP) is 2.63. The topological polar surface area (TPSA) is 24.9 Å². The number of hydrogen-bond acceptors (Lipinski definition) is 2. The molecule has 0 radical (unpaired) electrons. The third kappa shape index (κ3) is 0.855. The molecule has 1 N–H and O–H groups in total. The van der Waals surface area contributed by atoms with E-state index in [1.54, 1.807) is 0 Å². The van der Waals surface area contributed by atoms with E-state index in [1.165, 1.54) is 16.3 Å². The van der Waals surface area contributed by atoms with Gasteiger partial charge in [-0.3, -0.25) is 4.98 Å². The van der Waals surface area contributed by atoms with E-state index >= 15 is 0 Å². The lowest BCUT2D eigenvalue weighted by molar-refractivity contribution is 1.35. The average molecular weight is 168 g/mol. The van der Waals surface area contributed by atoms with Gasteiger partial charge in [0.25, 0.3) is 0 Å². The summed E-state index contributed by atoms with van der Waals surface area (Å²) < 4.78 is 0. The normalized spacial score (nSPS) is 12.9. The van der Waals surface area contributed by atoms with Crippen LogP contribution in [0.15, 0.2) is 36.8 Å². The number of nitrogens with one attached hydrogen (secondary N) is 1. The van der Waals surface area contributed by atoms with Gasteiger partial charge in [0.2, 0.25) is 0 Å². The van der Waals surface area contributed by atoms with E-state index in [0.717, 1.165) is 5.69 Å². The van der Waals surface area contributed by atoms with Crippen LogP contribution in [0.3, 0.4) is 0 Å². The van der Waals surface area contributed by atoms with Gasteiger partial charge in [-0.15, -0.1) is 0 Å². The average Bonchev–Trinajstić information content (AvgIpc) is 2.19. The summed E-state index contributed by atoms with van der Waals surface area (Å²) in [6, 6.07) is 6.20. The second-order valence-electron chi connectivity index (χ2n) is 3.11. The van der Waals surface area contributed by atoms with E-state index in [2.05, 4.69) is 22.4 Å². The van der Waals surface area contributed by atoms with E-state index in [1.807, 2.05) is 30.7 Å². The number of nitrogens with zero attached hydrogens (tertiary/aromatic N) is 1. The monoisotopic (exact) mass is 168 g/mol. The van der Waals surface area contributed by atoms with Crippen molar-refractivity contribution in [3.05, 3.63) is 42.4 Å². The zero-order valence-corrected chi connectivity index (χ0v) is 6.99. The summed E-state index contributed by atoms with van der Waals surface area (Å²) in [6.45, 7) is 0. The molecule has 13 heavy (non-hydrogen) atoms. The summed E-state index contributed by atoms with van der Waals surface area (Å²) in [7, 11) is 0. The molecule has 1 aliphatic heterocycles. The van der Waals surface area contributed by atoms with Crippen LogP contribution in [0, 0.1) is 0 Å². The maximum absolute atomic E-state index is 4.18. The molecule has 0 saturated carbocycles. The van der Waals surface area contributed by atoms with Crippen LogP contribution in [0.25, 0.3) is 16.8 Å². The number of anilines is 1. The van der Waals surface area contributed by atoms with Gasteiger partial charge in [0.1, 0.15) is 0 Å². The molecule has 1 aromatic heterocycles. The number of hydrogen-bond donors (Lipinski definition) is 1. The van der Waals surface area contributed by atoms with Crippen molar-refractivity contribution in [3.8, 4) is 0 Å². The number of pyridine rings is 1. The Morgan fingerprint density at radius 2 is 2.15 bits per heavy atom. The molecule has 2 nitrogen and oxygen atoms in total. The molecule has 1 aromatic carbocycles. The largest absolute Gasteiger partial charge is 0.361 e. The zero-order chi connectivity index (χ0) is 8.67. The van der Waals surface area contributed by atoms with Crippen molar-refractivity contribution in [2.45, 2.75) is 0 Å². The van der Waals surface area contributed by atoms with Gasteiger partial charge in [0.05, 0.1) is 0 Å². The standard InChI is InChI=1S/C11H8N2/c1-2-8-6-12-7-9-4-5-13-10(3-1)11(8)9/h1-7,13H. The van der Waals surface area contributed by atoms with Gasteiger partial charge in [-0.05, 0) is 12.1 Å². The van der Waals surface area contributed by atoms with E-state index in [9.17, 15) is 0 Å². The molecule has 0 unspecified atom stereocenters. The lowest BCUT2D eigenvalue weighted by Gasteiger charge is -2.12. The van der Waals surface area contributed by atoms with Crippen LogP contribution in [0.5, 0.6) is 0 Å². The Morgan fingerprint density at radius 1 is 1.15 bits per heavy atom. The summed E-state index contributed by atoms with van der Waals surface area (Å²) in [5.41, 5.74) is 2.35. The Morgan fingerprint density at radius 3 is 3.15 bits per heavy atom. The molecule has 62 valence electrons. The molecule has 2 heteroatoms. The van der Waals surface area contributed by atoms with Gasteiger partial charge in [-0.2, -0.15) is 0 Å². The molecular formula is C11H8N2. The van der Waals surface area contributed by atoms with Crippen molar-refractivity contribution < 1.29 is 0 Å². The first-order valence-corrected chi connectivity index (χ1v) is 4.25. The summed E-state index contributed by atoms with van der Waals surface area (Å²) in [6.07, 6.45) is 7.77. The second kappa shape index (κ2) is 2.33. The minimum Gasteiger partial charge on any atom is -0.361 e. The van der Waals surface area contributed by atoms with Crippen molar-refractivity contribution >= 4 is 22.5 Å². The third-order valence-electron chi connectivity index (χ3n) is 2.31. The highest BCUT2D eigenvalue weighted by molar-refractivity contribution is 6.01. The van der Waals surface area contributed by atoms with Crippen LogP contribution in [-0.2, 0) is 0 Å². The van der Waals surface area contributed by atoms with E-state index in [-0.39, 0.29) is 0 Å². The van der Waals surface area contributed by atoms with Crippen LogP contribution in [0.2, 0.25) is 0 Å². The van der Waals surface area contributed by atoms with Gasteiger partial charge in [-0.25, -0.2) is 0 Å². The first-order chi connectivity index (χ1) is 6.45. The zero-order valence-electron chi connectivity index (χ0n) is 6.99. The molecule has 0 amide bonds. The van der Waals surface area contributed by atoms with Crippen molar-refractivity contribution in [1.29, 1.82) is 0 Å². The highest BCUT2D eigenvalue weighted by atomic mass is 14.8. The lowest BCUT2D eigenvalue weighted by Crippen LogP contribution is -1.95. The summed E-state index contributed by atoms with van der Waals surface area (Å²) in [5, 5.41) is 5.67. The van der Waals surface area contributed by atoms with Crippen LogP contribution in [0.1, 0.15) is 5.56 Å². The number of benzene rings is 1. The summed E-state index contributed by atoms with van der Waals surface area (Å²) in [4.78, 5) is 4.18. The van der Waals surface area contributed by atoms with Crippen LogP contribution in [-0.4, -0.2) is 4.98 Å². The maximum atomic E-state index is 4.18. The third-order valence-corrected chi connectivity index (χ3v) is 2.31. The van der Waals surface area contributed by atoms with Crippen molar-refractivity contribution in [3.63, 3.8) is 0 Å². The fourth-order valence-corrected chi connectivity index (χ4v) is 1.73. The molecule has 0 atom stereocenters. The predicted molar refractivity (Wildman–Crippen MR) is 54.4 cm³/mol. The Balaban J connectivity index is 2.56. The van der Waals surface area contributed by atoms with Crippen LogP contribution >= 0.6 is 0 Å². The van der Waals surface area contributed by atoms with E-state index < -0.39 is 0 Å². The van der Waals surface area contributed by atoms with Crippen molar-refractivity contribution in [2.24, 2.45) is 0 Å². The molecule has 0 saturated heterocycles. The molecule has 0 fully saturated rings. The quantitative estimate of drug-likeness (QED) is 0.654. The highest BCUT2D eigenvalue weighted by Crippen LogP contribution is 2.29. The van der Waals surface area contributed by atoms with E-state index in [0.29, 0.717) is 0 Å².